The van der Waals surface area contributed by atoms with E-state index in [4.69, 9.17) is 5.73 Å². The molecule has 0 heterocycles. The Labute approximate surface area is 58.8 Å². The smallest absolute Gasteiger partial charge is 0.182 e. The maximum Gasteiger partial charge on any atom is 0.182 e. The van der Waals surface area contributed by atoms with Crippen LogP contribution in [0.25, 0.3) is 0 Å². The van der Waals surface area contributed by atoms with Gasteiger partial charge in [-0.2, -0.15) is 0 Å². The van der Waals surface area contributed by atoms with E-state index in [0.29, 0.717) is 0 Å². The summed E-state index contributed by atoms with van der Waals surface area (Å²) in [7, 11) is 0. The number of halogens is 1. The molecule has 0 saturated carbocycles. The molecule has 0 aromatic carbocycles. The molecule has 1 atom stereocenters. The first-order valence-corrected chi connectivity index (χ1v) is 4.04. The summed E-state index contributed by atoms with van der Waals surface area (Å²) >= 11 is 0.698. The fourth-order valence-electron chi connectivity index (χ4n) is 0.0875. The number of nitrogens with two attached hydrogens (primary N) is 1. The van der Waals surface area contributed by atoms with Crippen LogP contribution < -0.4 is 5.73 Å². The zero-order chi connectivity index (χ0) is 5.70. The Balaban J connectivity index is 3.16. The van der Waals surface area contributed by atoms with Gasteiger partial charge in [0.05, 0.1) is 0 Å². The van der Waals surface area contributed by atoms with Crippen LogP contribution in [-0.4, -0.2) is 14.7 Å². The number of hydrogen-bond acceptors (Lipinski definition) is 3. The van der Waals surface area contributed by atoms with Crippen LogP contribution in [0, 0.1) is 0 Å². The lowest BCUT2D eigenvalue weighted by molar-refractivity contribution is 0.597. The first-order chi connectivity index (χ1) is 3.31. The van der Waals surface area contributed by atoms with Crippen LogP contribution in [0.15, 0.2) is 4.40 Å². The van der Waals surface area contributed by atoms with Crippen molar-refractivity contribution in [2.45, 2.75) is 0 Å². The molecule has 0 radical (unpaired) electrons. The highest BCUT2D eigenvalue weighted by atomic mass is 127. The maximum atomic E-state index is 10.2. The van der Waals surface area contributed by atoms with Crippen molar-refractivity contribution in [3.05, 3.63) is 0 Å². The lowest BCUT2D eigenvalue weighted by Crippen LogP contribution is -2.10. The van der Waals surface area contributed by atoms with Gasteiger partial charge >= 0.3 is 0 Å². The van der Waals surface area contributed by atoms with Gasteiger partial charge in [-0.25, -0.2) is 0 Å². The Kier molecular flexibility index (Phi) is 5.28. The van der Waals surface area contributed by atoms with E-state index in [2.05, 4.69) is 4.40 Å². The van der Waals surface area contributed by atoms with E-state index in [9.17, 15) is 4.55 Å². The molecular weight excluding hydrogens is 227 g/mol. The second-order valence-corrected chi connectivity index (χ2v) is 2.44. The molecule has 2 N–H and O–H groups in total. The molecule has 0 spiro atoms. The minimum absolute atomic E-state index is 0.111. The Morgan fingerprint density at radius 3 is 2.71 bits per heavy atom. The summed E-state index contributed by atoms with van der Waals surface area (Å²) in [6.45, 7) is 0. The van der Waals surface area contributed by atoms with Gasteiger partial charge < -0.3 is 4.55 Å². The summed E-state index contributed by atoms with van der Waals surface area (Å²) in [6, 6.07) is 0. The van der Waals surface area contributed by atoms with Crippen molar-refractivity contribution in [1.82, 2.24) is 0 Å². The van der Waals surface area contributed by atoms with Crippen molar-refractivity contribution in [3.8, 4) is 0 Å². The highest BCUT2D eigenvalue weighted by molar-refractivity contribution is 14.1. The van der Waals surface area contributed by atoms with Gasteiger partial charge in [-0.15, -0.1) is 0 Å². The number of rotatable bonds is 2. The van der Waals surface area contributed by atoms with Gasteiger partial charge in [-0.3, -0.25) is 5.73 Å². The Hall–Kier alpha value is 0.670. The van der Waals surface area contributed by atoms with E-state index in [1.807, 2.05) is 22.6 Å². The van der Waals surface area contributed by atoms with Gasteiger partial charge in [-0.1, -0.05) is 4.40 Å². The molecule has 0 amide bonds. The fourth-order valence-corrected chi connectivity index (χ4v) is 1.02. The summed E-state index contributed by atoms with van der Waals surface area (Å²) in [6.07, 6.45) is 0. The van der Waals surface area contributed by atoms with Gasteiger partial charge in [0.15, 0.2) is 5.88 Å². The van der Waals surface area contributed by atoms with Crippen LogP contribution in [0.5, 0.6) is 0 Å². The average Bonchev–Trinajstić information content (AvgIpc) is 1.68. The SMILES string of the molecule is NC[S+]([O-])/N=C\I. The van der Waals surface area contributed by atoms with Gasteiger partial charge in [0.25, 0.3) is 0 Å². The fraction of sp³-hybridized carbons (Fsp3) is 0.500. The van der Waals surface area contributed by atoms with Gasteiger partial charge in [0, 0.05) is 0 Å². The van der Waals surface area contributed by atoms with Crippen molar-refractivity contribution >= 4 is 38.2 Å². The lowest BCUT2D eigenvalue weighted by atomic mass is 11.6. The molecule has 0 saturated heterocycles. The zero-order valence-corrected chi connectivity index (χ0v) is 6.48. The van der Waals surface area contributed by atoms with Crippen molar-refractivity contribution in [2.75, 3.05) is 5.88 Å². The molecular formula is C2H5IN2OS. The molecule has 0 aromatic heterocycles. The average molecular weight is 232 g/mol. The standard InChI is InChI=1S/C2H5IN2OS/c3-1-5-7(6)2-4/h1H,2,4H2/b5-1-. The molecule has 0 aromatic rings. The van der Waals surface area contributed by atoms with Crippen LogP contribution in [0.1, 0.15) is 0 Å². The second-order valence-electron chi connectivity index (χ2n) is 0.691. The van der Waals surface area contributed by atoms with Crippen LogP contribution in [-0.2, 0) is 11.4 Å². The van der Waals surface area contributed by atoms with E-state index < -0.39 is 11.4 Å². The van der Waals surface area contributed by atoms with Crippen molar-refractivity contribution < 1.29 is 4.55 Å². The summed E-state index contributed by atoms with van der Waals surface area (Å²) in [4.78, 5) is 0. The molecule has 5 heteroatoms. The monoisotopic (exact) mass is 232 g/mol. The van der Waals surface area contributed by atoms with E-state index in [0.717, 1.165) is 0 Å². The first-order valence-electron chi connectivity index (χ1n) is 1.52. The topological polar surface area (TPSA) is 61.4 Å². The number of hydrogen-bond donors (Lipinski definition) is 1. The molecule has 0 rings (SSSR count). The summed E-state index contributed by atoms with van der Waals surface area (Å²) in [5.74, 6) is 0.111. The minimum Gasteiger partial charge on any atom is -0.590 e. The van der Waals surface area contributed by atoms with Gasteiger partial charge in [0.1, 0.15) is 15.6 Å². The quantitative estimate of drug-likeness (QED) is 0.414. The third-order valence-corrected chi connectivity index (χ3v) is 1.58. The van der Waals surface area contributed by atoms with Crippen LogP contribution in [0.3, 0.4) is 0 Å². The Morgan fingerprint density at radius 2 is 2.57 bits per heavy atom. The van der Waals surface area contributed by atoms with E-state index in [1.54, 1.807) is 0 Å². The normalized spacial score (nSPS) is 15.3. The van der Waals surface area contributed by atoms with Crippen LogP contribution in [0.2, 0.25) is 0 Å². The third-order valence-electron chi connectivity index (χ3n) is 0.300. The summed E-state index contributed by atoms with van der Waals surface area (Å²) in [5, 5.41) is 0. The third kappa shape index (κ3) is 4.52. The van der Waals surface area contributed by atoms with E-state index in [1.165, 1.54) is 4.22 Å². The van der Waals surface area contributed by atoms with Gasteiger partial charge in [0.2, 0.25) is 0 Å². The molecule has 42 valence electrons. The molecule has 0 fully saturated rings. The summed E-state index contributed by atoms with van der Waals surface area (Å²) in [5.41, 5.74) is 4.94. The lowest BCUT2D eigenvalue weighted by Gasteiger charge is -1.94. The van der Waals surface area contributed by atoms with Gasteiger partial charge in [-0.05, 0) is 22.6 Å². The van der Waals surface area contributed by atoms with Crippen molar-refractivity contribution in [1.29, 1.82) is 0 Å². The highest BCUT2D eigenvalue weighted by Crippen LogP contribution is 1.86. The minimum atomic E-state index is -1.19. The Morgan fingerprint density at radius 1 is 2.00 bits per heavy atom. The highest BCUT2D eigenvalue weighted by Gasteiger charge is 1.92. The van der Waals surface area contributed by atoms with E-state index >= 15 is 0 Å². The molecule has 0 aliphatic heterocycles. The molecule has 0 aliphatic carbocycles. The number of nitrogens with zero attached hydrogens (tertiary/aromatic N) is 1. The summed E-state index contributed by atoms with van der Waals surface area (Å²) < 4.78 is 15.1. The predicted molar refractivity (Wildman–Crippen MR) is 39.7 cm³/mol. The molecule has 7 heavy (non-hydrogen) atoms. The van der Waals surface area contributed by atoms with Crippen LogP contribution >= 0.6 is 22.6 Å². The molecule has 0 aliphatic rings. The molecule has 3 nitrogen and oxygen atoms in total. The van der Waals surface area contributed by atoms with Crippen molar-refractivity contribution in [2.24, 2.45) is 10.1 Å². The largest absolute Gasteiger partial charge is 0.590 e. The Bertz CT molecular complexity index is 68.7. The molecule has 1 unspecified atom stereocenters. The second kappa shape index (κ2) is 4.82. The first kappa shape index (κ1) is 7.67. The predicted octanol–water partition coefficient (Wildman–Crippen LogP) is 0.0296. The molecule has 0 bridgehead atoms. The van der Waals surface area contributed by atoms with Crippen LogP contribution in [0.4, 0.5) is 0 Å². The van der Waals surface area contributed by atoms with Crippen molar-refractivity contribution in [3.63, 3.8) is 0 Å². The van der Waals surface area contributed by atoms with E-state index in [-0.39, 0.29) is 5.88 Å². The zero-order valence-electron chi connectivity index (χ0n) is 3.50. The maximum absolute atomic E-state index is 10.2.